The molecule has 158 valence electrons. The van der Waals surface area contributed by atoms with Crippen LogP contribution in [0, 0.1) is 0 Å². The van der Waals surface area contributed by atoms with Gasteiger partial charge in [-0.3, -0.25) is 0 Å². The number of hydrogen-bond acceptors (Lipinski definition) is 3. The van der Waals surface area contributed by atoms with E-state index in [9.17, 15) is 9.00 Å². The van der Waals surface area contributed by atoms with Gasteiger partial charge in [0.15, 0.2) is 0 Å². The van der Waals surface area contributed by atoms with Crippen molar-refractivity contribution < 1.29 is 9.00 Å². The quantitative estimate of drug-likeness (QED) is 0.694. The molecular formula is C23H28N4O2S. The summed E-state index contributed by atoms with van der Waals surface area (Å²) in [5, 5.41) is 12.4. The predicted octanol–water partition coefficient (Wildman–Crippen LogP) is 4.02. The molecule has 2 aromatic rings. The number of carbonyl (C=O) groups excluding carboxylic acids is 1. The van der Waals surface area contributed by atoms with Gasteiger partial charge in [0, 0.05) is 11.7 Å². The molecule has 1 heterocycles. The maximum atomic E-state index is 13.0. The largest absolute Gasteiger partial charge is 0.354 e. The highest BCUT2D eigenvalue weighted by Gasteiger charge is 2.25. The average molecular weight is 425 g/mol. The first-order valence-electron chi connectivity index (χ1n) is 10.9. The van der Waals surface area contributed by atoms with Crippen LogP contribution in [-0.2, 0) is 35.6 Å². The van der Waals surface area contributed by atoms with Crippen molar-refractivity contribution in [3.8, 4) is 0 Å². The molecule has 5 rings (SSSR count). The average Bonchev–Trinajstić information content (AvgIpc) is 3.48. The molecule has 0 spiro atoms. The first kappa shape index (κ1) is 19.7. The summed E-state index contributed by atoms with van der Waals surface area (Å²) in [7, 11) is -3.31. The number of nitrogens with two attached hydrogens (primary N) is 1. The number of aryl methyl sites for hydroxylation is 2. The number of urea groups is 1. The number of fused-ring (bicyclic) bond motifs is 2. The number of anilines is 1. The molecule has 0 unspecified atom stereocenters. The minimum absolute atomic E-state index is 0.329. The third-order valence-corrected chi connectivity index (χ3v) is 7.99. The molecule has 2 aromatic carbocycles. The molecule has 6 nitrogen and oxygen atoms in total. The van der Waals surface area contributed by atoms with Gasteiger partial charge in [-0.05, 0) is 97.9 Å². The van der Waals surface area contributed by atoms with E-state index in [1.54, 1.807) is 12.1 Å². The van der Waals surface area contributed by atoms with Gasteiger partial charge in [-0.25, -0.2) is 14.1 Å². The zero-order valence-corrected chi connectivity index (χ0v) is 17.9. The highest BCUT2D eigenvalue weighted by molar-refractivity contribution is 7.91. The maximum absolute atomic E-state index is 13.0. The van der Waals surface area contributed by atoms with Gasteiger partial charge in [-0.1, -0.05) is 18.2 Å². The molecule has 1 fully saturated rings. The molecule has 0 bridgehead atoms. The molecule has 2 aliphatic carbocycles. The molecule has 3 aliphatic rings. The minimum atomic E-state index is -3.31. The fourth-order valence-electron chi connectivity index (χ4n) is 5.14. The van der Waals surface area contributed by atoms with Crippen LogP contribution in [0.2, 0.25) is 0 Å². The van der Waals surface area contributed by atoms with Gasteiger partial charge in [-0.15, -0.1) is 4.36 Å². The number of rotatable bonds is 3. The lowest BCUT2D eigenvalue weighted by atomic mass is 9.99. The molecule has 2 amide bonds. The molecule has 1 saturated heterocycles. The zero-order valence-electron chi connectivity index (χ0n) is 17.1. The van der Waals surface area contributed by atoms with E-state index in [0.29, 0.717) is 10.9 Å². The van der Waals surface area contributed by atoms with E-state index in [-0.39, 0.29) is 0 Å². The molecule has 2 atom stereocenters. The van der Waals surface area contributed by atoms with Crippen molar-refractivity contribution >= 4 is 21.6 Å². The lowest BCUT2D eigenvalue weighted by Crippen LogP contribution is -2.19. The number of carbonyl (C=O) groups is 1. The van der Waals surface area contributed by atoms with Crippen LogP contribution in [0.15, 0.2) is 39.6 Å². The van der Waals surface area contributed by atoms with Crippen LogP contribution >= 0.6 is 0 Å². The van der Waals surface area contributed by atoms with Crippen molar-refractivity contribution in [2.45, 2.75) is 62.3 Å². The predicted molar refractivity (Wildman–Crippen MR) is 119 cm³/mol. The lowest BCUT2D eigenvalue weighted by Gasteiger charge is -2.15. The Hall–Kier alpha value is -2.22. The van der Waals surface area contributed by atoms with E-state index < -0.39 is 15.9 Å². The van der Waals surface area contributed by atoms with Gasteiger partial charge in [0.1, 0.15) is 9.92 Å². The summed E-state index contributed by atoms with van der Waals surface area (Å²) in [4.78, 5) is 13.1. The second-order valence-corrected chi connectivity index (χ2v) is 10.3. The summed E-state index contributed by atoms with van der Waals surface area (Å²) in [6, 6.07) is 9.32. The molecule has 4 N–H and O–H groups in total. The van der Waals surface area contributed by atoms with Gasteiger partial charge < -0.3 is 10.6 Å². The van der Waals surface area contributed by atoms with E-state index in [4.69, 9.17) is 5.14 Å². The molecule has 0 aromatic heterocycles. The number of nitrogens with zero attached hydrogens (tertiary/aromatic N) is 1. The van der Waals surface area contributed by atoms with Crippen LogP contribution in [-0.4, -0.2) is 16.8 Å². The van der Waals surface area contributed by atoms with Crippen molar-refractivity contribution in [1.29, 1.82) is 0 Å². The maximum Gasteiger partial charge on any atom is 0.354 e. The van der Waals surface area contributed by atoms with E-state index in [2.05, 4.69) is 21.1 Å². The highest BCUT2D eigenvalue weighted by Crippen LogP contribution is 2.38. The topological polar surface area (TPSA) is 96.6 Å². The Morgan fingerprint density at radius 2 is 1.70 bits per heavy atom. The van der Waals surface area contributed by atoms with Crippen LogP contribution in [0.4, 0.5) is 10.5 Å². The van der Waals surface area contributed by atoms with Gasteiger partial charge in [0.25, 0.3) is 0 Å². The molecule has 30 heavy (non-hydrogen) atoms. The Bertz CT molecular complexity index is 1080. The molecule has 0 radical (unpaired) electrons. The fraction of sp³-hybridized carbons (Fsp3) is 0.435. The standard InChI is InChI=1S/C23H28N4O2S/c24-30(29,18-11-9-15(10-12-18)21-8-3-13-25-21)27-23(28)26-22-19-6-1-4-16(19)14-17-5-2-7-20(17)22/h9-12,14,21,25H,1-8,13H2,(H3,24,26,27,28,29)/t21-,30-/m1/s1. The van der Waals surface area contributed by atoms with Gasteiger partial charge in [0.05, 0.1) is 4.90 Å². The number of nitrogens with one attached hydrogen (secondary N) is 2. The van der Waals surface area contributed by atoms with Crippen molar-refractivity contribution in [2.75, 3.05) is 11.9 Å². The Morgan fingerprint density at radius 3 is 2.30 bits per heavy atom. The van der Waals surface area contributed by atoms with Crippen LogP contribution in [0.5, 0.6) is 0 Å². The fourth-order valence-corrected chi connectivity index (χ4v) is 6.06. The molecular weight excluding hydrogens is 396 g/mol. The monoisotopic (exact) mass is 424 g/mol. The minimum Gasteiger partial charge on any atom is -0.310 e. The van der Waals surface area contributed by atoms with Crippen molar-refractivity contribution in [2.24, 2.45) is 9.50 Å². The van der Waals surface area contributed by atoms with Crippen LogP contribution in [0.1, 0.15) is 59.5 Å². The Balaban J connectivity index is 1.40. The first-order valence-corrected chi connectivity index (χ1v) is 12.4. The highest BCUT2D eigenvalue weighted by atomic mass is 32.2. The number of amides is 2. The third kappa shape index (κ3) is 3.66. The van der Waals surface area contributed by atoms with Crippen LogP contribution in [0.3, 0.4) is 0 Å². The molecule has 7 heteroatoms. The SMILES string of the molecule is N[S@@](=O)(=NC(=O)Nc1c2c(cc3c1CCC3)CCC2)c1ccc([C@H]2CCCN2)cc1. The number of benzene rings is 2. The summed E-state index contributed by atoms with van der Waals surface area (Å²) in [5.41, 5.74) is 7.13. The molecule has 0 saturated carbocycles. The summed E-state index contributed by atoms with van der Waals surface area (Å²) in [6.07, 6.45) is 8.50. The van der Waals surface area contributed by atoms with E-state index in [1.807, 2.05) is 12.1 Å². The van der Waals surface area contributed by atoms with Crippen LogP contribution in [0.25, 0.3) is 0 Å². The van der Waals surface area contributed by atoms with Crippen molar-refractivity contribution in [1.82, 2.24) is 5.32 Å². The van der Waals surface area contributed by atoms with E-state index in [0.717, 1.165) is 69.2 Å². The lowest BCUT2D eigenvalue weighted by molar-refractivity contribution is 0.260. The Kier molecular flexibility index (Phi) is 5.13. The van der Waals surface area contributed by atoms with Crippen molar-refractivity contribution in [3.63, 3.8) is 0 Å². The second kappa shape index (κ2) is 7.80. The second-order valence-electron chi connectivity index (χ2n) is 8.54. The third-order valence-electron chi connectivity index (χ3n) is 6.60. The molecule has 1 aliphatic heterocycles. The zero-order chi connectivity index (χ0) is 20.7. The summed E-state index contributed by atoms with van der Waals surface area (Å²) in [6.45, 7) is 1.02. The number of hydrogen-bond donors (Lipinski definition) is 3. The summed E-state index contributed by atoms with van der Waals surface area (Å²) in [5.74, 6) is 0. The van der Waals surface area contributed by atoms with Gasteiger partial charge >= 0.3 is 6.03 Å². The van der Waals surface area contributed by atoms with Crippen molar-refractivity contribution in [3.05, 3.63) is 58.1 Å². The first-order chi connectivity index (χ1) is 14.5. The van der Waals surface area contributed by atoms with E-state index >= 15 is 0 Å². The Morgan fingerprint density at radius 1 is 1.03 bits per heavy atom. The normalized spacial score (nSPS) is 21.7. The van der Waals surface area contributed by atoms with Crippen LogP contribution < -0.4 is 15.8 Å². The summed E-state index contributed by atoms with van der Waals surface area (Å²) >= 11 is 0. The van der Waals surface area contributed by atoms with E-state index in [1.165, 1.54) is 22.3 Å². The van der Waals surface area contributed by atoms with Gasteiger partial charge in [-0.2, -0.15) is 0 Å². The summed E-state index contributed by atoms with van der Waals surface area (Å²) < 4.78 is 16.9. The smallest absolute Gasteiger partial charge is 0.310 e. The van der Waals surface area contributed by atoms with Gasteiger partial charge in [0.2, 0.25) is 0 Å². The Labute approximate surface area is 178 Å².